The van der Waals surface area contributed by atoms with Crippen LogP contribution in [0.25, 0.3) is 0 Å². The topological polar surface area (TPSA) is 51.0 Å². The van der Waals surface area contributed by atoms with E-state index in [2.05, 4.69) is 15.0 Å². The van der Waals surface area contributed by atoms with E-state index in [-0.39, 0.29) is 5.78 Å². The second kappa shape index (κ2) is 6.14. The Labute approximate surface area is 151 Å². The van der Waals surface area contributed by atoms with Gasteiger partial charge in [0.05, 0.1) is 18.3 Å². The number of hydrogen-bond donors (Lipinski definition) is 0. The fraction of sp³-hybridized carbons (Fsp3) is 0.526. The van der Waals surface area contributed by atoms with Crippen LogP contribution in [-0.4, -0.2) is 39.6 Å². The molecule has 2 unspecified atom stereocenters. The molecule has 2 aliphatic rings. The number of hydrogen-bond acceptors (Lipinski definition) is 4. The minimum atomic E-state index is -2.44. The summed E-state index contributed by atoms with van der Waals surface area (Å²) < 4.78 is 28.8. The first-order valence-corrected chi connectivity index (χ1v) is 8.99. The van der Waals surface area contributed by atoms with Gasteiger partial charge in [-0.05, 0) is 38.3 Å². The molecule has 1 aliphatic heterocycles. The Hall–Kier alpha value is -2.31. The molecule has 0 N–H and O–H groups in total. The summed E-state index contributed by atoms with van der Waals surface area (Å²) in [7, 11) is 0. The minimum Gasteiger partial charge on any atom is -0.357 e. The number of fused-ring (bicyclic) bond motifs is 1. The second-order valence-corrected chi connectivity index (χ2v) is 7.35. The van der Waals surface area contributed by atoms with Crippen LogP contribution in [0.1, 0.15) is 41.4 Å². The average molecular weight is 360 g/mol. The fourth-order valence-corrected chi connectivity index (χ4v) is 3.90. The Bertz CT molecular complexity index is 832. The van der Waals surface area contributed by atoms with Crippen molar-refractivity contribution >= 4 is 11.6 Å². The van der Waals surface area contributed by atoms with Gasteiger partial charge in [0.1, 0.15) is 5.82 Å². The van der Waals surface area contributed by atoms with Crippen LogP contribution < -0.4 is 4.90 Å². The van der Waals surface area contributed by atoms with Crippen molar-refractivity contribution in [2.75, 3.05) is 18.0 Å². The van der Waals surface area contributed by atoms with Crippen LogP contribution in [0.15, 0.2) is 24.5 Å². The lowest BCUT2D eigenvalue weighted by atomic mass is 10.2. The van der Waals surface area contributed by atoms with Crippen LogP contribution in [0, 0.1) is 18.8 Å². The number of anilines is 1. The Kier molecular flexibility index (Phi) is 4.04. The second-order valence-electron chi connectivity index (χ2n) is 7.35. The van der Waals surface area contributed by atoms with Gasteiger partial charge in [-0.2, -0.15) is 5.10 Å². The predicted molar refractivity (Wildman–Crippen MR) is 93.7 cm³/mol. The zero-order chi connectivity index (χ0) is 18.5. The van der Waals surface area contributed by atoms with Crippen LogP contribution in [0.2, 0.25) is 0 Å². The fourth-order valence-electron chi connectivity index (χ4n) is 3.90. The largest absolute Gasteiger partial charge is 0.357 e. The summed E-state index contributed by atoms with van der Waals surface area (Å²) in [6.45, 7) is 5.26. The van der Waals surface area contributed by atoms with Crippen molar-refractivity contribution in [1.29, 1.82) is 0 Å². The summed E-state index contributed by atoms with van der Waals surface area (Å²) in [6.07, 6.45) is 4.36. The quantitative estimate of drug-likeness (QED) is 0.785. The maximum absolute atomic E-state index is 13.5. The first-order valence-electron chi connectivity index (χ1n) is 8.99. The van der Waals surface area contributed by atoms with E-state index in [0.717, 1.165) is 17.1 Å². The Morgan fingerprint density at radius 1 is 1.27 bits per heavy atom. The van der Waals surface area contributed by atoms with Gasteiger partial charge >= 0.3 is 0 Å². The van der Waals surface area contributed by atoms with Crippen LogP contribution in [0.5, 0.6) is 0 Å². The van der Waals surface area contributed by atoms with Gasteiger partial charge in [-0.1, -0.05) is 6.07 Å². The number of alkyl halides is 2. The number of nitrogens with zero attached hydrogens (tertiary/aromatic N) is 4. The van der Waals surface area contributed by atoms with E-state index in [0.29, 0.717) is 38.0 Å². The maximum atomic E-state index is 13.5. The number of rotatable bonds is 4. The summed E-state index contributed by atoms with van der Waals surface area (Å²) in [5.41, 5.74) is 2.51. The van der Waals surface area contributed by atoms with Gasteiger partial charge in [-0.3, -0.25) is 9.48 Å². The van der Waals surface area contributed by atoms with E-state index in [1.54, 1.807) is 17.1 Å². The van der Waals surface area contributed by atoms with Crippen LogP contribution in [-0.2, 0) is 6.54 Å². The highest BCUT2D eigenvalue weighted by atomic mass is 19.3. The highest BCUT2D eigenvalue weighted by molar-refractivity contribution is 5.93. The van der Waals surface area contributed by atoms with Gasteiger partial charge in [-0.25, -0.2) is 13.8 Å². The molecule has 2 aromatic rings. The van der Waals surface area contributed by atoms with Crippen molar-refractivity contribution in [3.63, 3.8) is 0 Å². The van der Waals surface area contributed by atoms with E-state index >= 15 is 0 Å². The van der Waals surface area contributed by atoms with Gasteiger partial charge in [0.2, 0.25) is 0 Å². The SMILES string of the molecule is CC(=O)c1cnn(Cc2ccc(N3CCC4C(CC3)C4(F)F)nc2C)c1. The third-order valence-electron chi connectivity index (χ3n) is 5.66. The molecule has 2 atom stereocenters. The Morgan fingerprint density at radius 3 is 2.54 bits per heavy atom. The van der Waals surface area contributed by atoms with Crippen molar-refractivity contribution in [2.24, 2.45) is 11.8 Å². The Morgan fingerprint density at radius 2 is 1.96 bits per heavy atom. The summed E-state index contributed by atoms with van der Waals surface area (Å²) in [5.74, 6) is -2.49. The van der Waals surface area contributed by atoms with Gasteiger partial charge in [0, 0.05) is 36.8 Å². The lowest BCUT2D eigenvalue weighted by Crippen LogP contribution is -2.27. The molecule has 0 amide bonds. The molecule has 7 heteroatoms. The van der Waals surface area contributed by atoms with E-state index in [1.165, 1.54) is 6.92 Å². The third kappa shape index (κ3) is 2.99. The molecular formula is C19H22F2N4O. The molecule has 0 bridgehead atoms. The molecule has 3 heterocycles. The zero-order valence-corrected chi connectivity index (χ0v) is 15.0. The van der Waals surface area contributed by atoms with Crippen LogP contribution >= 0.6 is 0 Å². The molecular weight excluding hydrogens is 338 g/mol. The van der Waals surface area contributed by atoms with Crippen LogP contribution in [0.3, 0.4) is 0 Å². The number of Topliss-reactive ketones (excluding diaryl/α,β-unsaturated/α-hetero) is 1. The molecule has 1 saturated heterocycles. The average Bonchev–Trinajstić information content (AvgIpc) is 2.90. The van der Waals surface area contributed by atoms with Gasteiger partial charge in [-0.15, -0.1) is 0 Å². The lowest BCUT2D eigenvalue weighted by molar-refractivity contribution is 0.0803. The van der Waals surface area contributed by atoms with Gasteiger partial charge < -0.3 is 4.90 Å². The smallest absolute Gasteiger partial charge is 0.254 e. The number of carbonyl (C=O) groups excluding carboxylic acids is 1. The van der Waals surface area contributed by atoms with E-state index < -0.39 is 17.8 Å². The van der Waals surface area contributed by atoms with E-state index in [4.69, 9.17) is 0 Å². The predicted octanol–water partition coefficient (Wildman–Crippen LogP) is 3.32. The minimum absolute atomic E-state index is 0.00812. The van der Waals surface area contributed by atoms with Gasteiger partial charge in [0.15, 0.2) is 5.78 Å². The standard InChI is InChI=1S/C19H22F2N4O/c1-12-14(10-25-11-15(9-22-25)13(2)26)3-4-18(23-12)24-7-5-16-17(6-8-24)19(16,20)21/h3-4,9,11,16-17H,5-8,10H2,1-2H3. The maximum Gasteiger partial charge on any atom is 0.254 e. The summed E-state index contributed by atoms with van der Waals surface area (Å²) >= 11 is 0. The molecule has 1 aliphatic carbocycles. The molecule has 138 valence electrons. The number of aryl methyl sites for hydroxylation is 1. The number of ketones is 1. The number of carbonyl (C=O) groups is 1. The number of aromatic nitrogens is 3. The lowest BCUT2D eigenvalue weighted by Gasteiger charge is -2.23. The summed E-state index contributed by atoms with van der Waals surface area (Å²) in [4.78, 5) is 18.2. The molecule has 0 aromatic carbocycles. The highest BCUT2D eigenvalue weighted by Crippen LogP contribution is 2.59. The third-order valence-corrected chi connectivity index (χ3v) is 5.66. The summed E-state index contributed by atoms with van der Waals surface area (Å²) in [5, 5.41) is 4.21. The molecule has 2 aromatic heterocycles. The normalized spacial score (nSPS) is 24.1. The molecule has 26 heavy (non-hydrogen) atoms. The first kappa shape index (κ1) is 17.1. The Balaban J connectivity index is 1.45. The number of pyridine rings is 1. The monoisotopic (exact) mass is 360 g/mol. The highest BCUT2D eigenvalue weighted by Gasteiger charge is 2.67. The molecule has 1 saturated carbocycles. The molecule has 5 nitrogen and oxygen atoms in total. The molecule has 0 radical (unpaired) electrons. The van der Waals surface area contributed by atoms with E-state index in [9.17, 15) is 13.6 Å². The first-order chi connectivity index (χ1) is 12.4. The van der Waals surface area contributed by atoms with E-state index in [1.807, 2.05) is 19.1 Å². The van der Waals surface area contributed by atoms with Crippen molar-refractivity contribution in [3.8, 4) is 0 Å². The van der Waals surface area contributed by atoms with Crippen molar-refractivity contribution in [1.82, 2.24) is 14.8 Å². The van der Waals surface area contributed by atoms with Crippen molar-refractivity contribution in [2.45, 2.75) is 39.2 Å². The van der Waals surface area contributed by atoms with Gasteiger partial charge in [0.25, 0.3) is 5.92 Å². The van der Waals surface area contributed by atoms with Crippen molar-refractivity contribution < 1.29 is 13.6 Å². The van der Waals surface area contributed by atoms with Crippen molar-refractivity contribution in [3.05, 3.63) is 41.3 Å². The molecule has 2 fully saturated rings. The van der Waals surface area contributed by atoms with Crippen LogP contribution in [0.4, 0.5) is 14.6 Å². The number of halogens is 2. The molecule has 0 spiro atoms. The summed E-state index contributed by atoms with van der Waals surface area (Å²) in [6, 6.07) is 3.96. The zero-order valence-electron chi connectivity index (χ0n) is 15.0. The molecule has 4 rings (SSSR count).